The summed E-state index contributed by atoms with van der Waals surface area (Å²) in [5.74, 6) is -3.53. The van der Waals surface area contributed by atoms with Crippen molar-refractivity contribution in [1.29, 1.82) is 0 Å². The number of halogens is 4. The van der Waals surface area contributed by atoms with Crippen molar-refractivity contribution in [2.75, 3.05) is 46.5 Å². The molecule has 3 fully saturated rings. The Bertz CT molecular complexity index is 1110. The lowest BCUT2D eigenvalue weighted by molar-refractivity contribution is -0.150. The van der Waals surface area contributed by atoms with Crippen molar-refractivity contribution in [3.05, 3.63) is 29.8 Å². The molecule has 1 aromatic rings. The third-order valence-corrected chi connectivity index (χ3v) is 8.66. The van der Waals surface area contributed by atoms with Crippen LogP contribution >= 0.6 is 24.8 Å². The summed E-state index contributed by atoms with van der Waals surface area (Å²) in [5, 5.41) is 8.86. The SMILES string of the molecule is CN[C@@H](C)C(=O)N[C@H](C(=O)N1C[C@H]2CC(F)(F)CN2C[C@H]1C(=O)N[C@@H]1CCOc2ccccc21)C1CCOCC1.Cl.Cl. The fourth-order valence-electron chi connectivity index (χ4n) is 6.28. The number of carbonyl (C=O) groups excluding carboxylic acids is 3. The summed E-state index contributed by atoms with van der Waals surface area (Å²) in [5.41, 5.74) is 0.842. The molecule has 0 saturated carbocycles. The number of fused-ring (bicyclic) bond motifs is 2. The first-order valence-electron chi connectivity index (χ1n) is 14.2. The Labute approximate surface area is 257 Å². The van der Waals surface area contributed by atoms with Crippen molar-refractivity contribution in [3.63, 3.8) is 0 Å². The maximum absolute atomic E-state index is 14.5. The van der Waals surface area contributed by atoms with E-state index in [0.29, 0.717) is 44.8 Å². The van der Waals surface area contributed by atoms with E-state index in [1.54, 1.807) is 18.9 Å². The molecule has 5 atom stereocenters. The summed E-state index contributed by atoms with van der Waals surface area (Å²) in [6, 6.07) is 4.17. The molecule has 10 nitrogen and oxygen atoms in total. The molecule has 4 aliphatic heterocycles. The summed E-state index contributed by atoms with van der Waals surface area (Å²) < 4.78 is 40.1. The van der Waals surface area contributed by atoms with Gasteiger partial charge in [0.25, 0.3) is 5.92 Å². The van der Waals surface area contributed by atoms with E-state index in [-0.39, 0.29) is 62.2 Å². The fraction of sp³-hybridized carbons (Fsp3) is 0.679. The van der Waals surface area contributed by atoms with Gasteiger partial charge in [-0.3, -0.25) is 19.3 Å². The van der Waals surface area contributed by atoms with E-state index in [1.165, 1.54) is 4.90 Å². The van der Waals surface area contributed by atoms with Crippen molar-refractivity contribution < 1.29 is 32.6 Å². The maximum atomic E-state index is 14.5. The predicted octanol–water partition coefficient (Wildman–Crippen LogP) is 1.91. The van der Waals surface area contributed by atoms with Gasteiger partial charge in [-0.15, -0.1) is 24.8 Å². The number of rotatable bonds is 7. The van der Waals surface area contributed by atoms with Gasteiger partial charge in [-0.25, -0.2) is 8.78 Å². The van der Waals surface area contributed by atoms with Gasteiger partial charge in [0.15, 0.2) is 0 Å². The number of alkyl halides is 2. The van der Waals surface area contributed by atoms with Gasteiger partial charge in [0.2, 0.25) is 17.7 Å². The van der Waals surface area contributed by atoms with Crippen LogP contribution in [0, 0.1) is 5.92 Å². The third-order valence-electron chi connectivity index (χ3n) is 8.66. The first-order chi connectivity index (χ1) is 19.2. The van der Waals surface area contributed by atoms with Crippen LogP contribution in [0.3, 0.4) is 0 Å². The van der Waals surface area contributed by atoms with Crippen LogP contribution in [0.1, 0.15) is 44.2 Å². The second-order valence-corrected chi connectivity index (χ2v) is 11.3. The standard InChI is InChI=1S/C28H39F2N5O5.2ClH/c1-17(31-2)25(36)33-24(18-7-10-39-11-8-18)27(38)35-14-19-13-28(29,30)16-34(19)15-22(35)26(37)32-21-9-12-40-23-6-4-3-5-20(21)23;;/h3-6,17-19,21-22,24,31H,7-16H2,1-2H3,(H,32,37)(H,33,36);2*1H/t17-,19+,21+,22-,24-;;/m0../s1. The number of ether oxygens (including phenoxy) is 2. The number of benzene rings is 1. The number of hydrogen-bond donors (Lipinski definition) is 3. The van der Waals surface area contributed by atoms with Gasteiger partial charge < -0.3 is 30.3 Å². The Hall–Kier alpha value is -2.25. The van der Waals surface area contributed by atoms with Crippen LogP contribution in [0.25, 0.3) is 0 Å². The number of amides is 3. The van der Waals surface area contributed by atoms with Gasteiger partial charge in [0, 0.05) is 50.8 Å². The van der Waals surface area contributed by atoms with E-state index in [2.05, 4.69) is 16.0 Å². The molecule has 14 heteroatoms. The van der Waals surface area contributed by atoms with Crippen molar-refractivity contribution in [1.82, 2.24) is 25.8 Å². The average Bonchev–Trinajstić information content (AvgIpc) is 3.27. The lowest BCUT2D eigenvalue weighted by atomic mass is 9.89. The third kappa shape index (κ3) is 7.45. The van der Waals surface area contributed by atoms with Crippen LogP contribution in [-0.2, 0) is 19.1 Å². The largest absolute Gasteiger partial charge is 0.493 e. The van der Waals surface area contributed by atoms with E-state index in [0.717, 1.165) is 5.56 Å². The molecule has 0 radical (unpaired) electrons. The molecule has 1 aromatic carbocycles. The molecule has 0 aromatic heterocycles. The number of piperazine rings is 1. The average molecular weight is 637 g/mol. The fourth-order valence-corrected chi connectivity index (χ4v) is 6.28. The minimum atomic E-state index is -2.89. The predicted molar refractivity (Wildman–Crippen MR) is 156 cm³/mol. The van der Waals surface area contributed by atoms with Crippen molar-refractivity contribution in [2.24, 2.45) is 5.92 Å². The zero-order chi connectivity index (χ0) is 28.4. The molecule has 3 amide bonds. The quantitative estimate of drug-likeness (QED) is 0.420. The zero-order valence-corrected chi connectivity index (χ0v) is 25.5. The minimum Gasteiger partial charge on any atom is -0.493 e. The van der Waals surface area contributed by atoms with Crippen LogP contribution in [-0.4, -0.2) is 104 Å². The highest BCUT2D eigenvalue weighted by Gasteiger charge is 2.52. The number of likely N-dealkylation sites (N-methyl/N-ethyl adjacent to an activating group) is 1. The molecule has 42 heavy (non-hydrogen) atoms. The number of nitrogens with zero attached hydrogens (tertiary/aromatic N) is 2. The molecule has 4 heterocycles. The van der Waals surface area contributed by atoms with Crippen molar-refractivity contribution in [3.8, 4) is 5.75 Å². The summed E-state index contributed by atoms with van der Waals surface area (Å²) in [7, 11) is 1.66. The van der Waals surface area contributed by atoms with Gasteiger partial charge in [-0.2, -0.15) is 0 Å². The lowest BCUT2D eigenvalue weighted by Crippen LogP contribution is -2.66. The smallest absolute Gasteiger partial charge is 0.262 e. The summed E-state index contributed by atoms with van der Waals surface area (Å²) in [6.45, 7) is 2.60. The number of carbonyl (C=O) groups is 3. The summed E-state index contributed by atoms with van der Waals surface area (Å²) in [4.78, 5) is 44.0. The Morgan fingerprint density at radius 3 is 2.48 bits per heavy atom. The van der Waals surface area contributed by atoms with Crippen LogP contribution in [0.4, 0.5) is 8.78 Å². The molecule has 5 rings (SSSR count). The number of para-hydroxylation sites is 1. The first-order valence-corrected chi connectivity index (χ1v) is 14.2. The summed E-state index contributed by atoms with van der Waals surface area (Å²) >= 11 is 0. The molecule has 0 unspecified atom stereocenters. The van der Waals surface area contributed by atoms with Gasteiger partial charge in [0.1, 0.15) is 17.8 Å². The molecule has 0 aliphatic carbocycles. The monoisotopic (exact) mass is 635 g/mol. The Balaban J connectivity index is 0.00000242. The highest BCUT2D eigenvalue weighted by Crippen LogP contribution is 2.37. The molecule has 3 saturated heterocycles. The van der Waals surface area contributed by atoms with E-state index in [4.69, 9.17) is 9.47 Å². The van der Waals surface area contributed by atoms with E-state index in [9.17, 15) is 23.2 Å². The van der Waals surface area contributed by atoms with Crippen LogP contribution in [0.5, 0.6) is 5.75 Å². The molecule has 4 aliphatic rings. The Morgan fingerprint density at radius 1 is 1.05 bits per heavy atom. The number of hydrogen-bond acceptors (Lipinski definition) is 7. The summed E-state index contributed by atoms with van der Waals surface area (Å²) in [6.07, 6.45) is 1.32. The zero-order valence-electron chi connectivity index (χ0n) is 23.9. The van der Waals surface area contributed by atoms with Gasteiger partial charge in [0.05, 0.1) is 25.2 Å². The Morgan fingerprint density at radius 2 is 1.76 bits per heavy atom. The molecular formula is C28H41Cl2F2N5O5. The van der Waals surface area contributed by atoms with Gasteiger partial charge in [-0.1, -0.05) is 18.2 Å². The topological polar surface area (TPSA) is 112 Å². The molecule has 3 N–H and O–H groups in total. The minimum absolute atomic E-state index is 0. The van der Waals surface area contributed by atoms with Gasteiger partial charge in [-0.05, 0) is 38.8 Å². The first kappa shape index (κ1) is 34.2. The van der Waals surface area contributed by atoms with E-state index in [1.807, 2.05) is 24.3 Å². The molecule has 236 valence electrons. The molecular weight excluding hydrogens is 595 g/mol. The second kappa shape index (κ2) is 14.5. The second-order valence-electron chi connectivity index (χ2n) is 11.3. The normalized spacial score (nSPS) is 26.7. The van der Waals surface area contributed by atoms with Crippen molar-refractivity contribution in [2.45, 2.75) is 68.7 Å². The molecule has 0 bridgehead atoms. The Kier molecular flexibility index (Phi) is 11.8. The van der Waals surface area contributed by atoms with E-state index < -0.39 is 48.4 Å². The van der Waals surface area contributed by atoms with Gasteiger partial charge >= 0.3 is 0 Å². The molecule has 0 spiro atoms. The van der Waals surface area contributed by atoms with Crippen molar-refractivity contribution >= 4 is 42.5 Å². The highest BCUT2D eigenvalue weighted by atomic mass is 35.5. The van der Waals surface area contributed by atoms with Crippen LogP contribution in [0.2, 0.25) is 0 Å². The van der Waals surface area contributed by atoms with Crippen LogP contribution in [0.15, 0.2) is 24.3 Å². The lowest BCUT2D eigenvalue weighted by Gasteiger charge is -2.45. The van der Waals surface area contributed by atoms with E-state index >= 15 is 0 Å². The maximum Gasteiger partial charge on any atom is 0.262 e. The number of nitrogens with one attached hydrogen (secondary N) is 3. The highest BCUT2D eigenvalue weighted by molar-refractivity contribution is 5.93. The van der Waals surface area contributed by atoms with Crippen LogP contribution < -0.4 is 20.7 Å².